The Kier molecular flexibility index (Phi) is 13.2. The first-order valence-electron chi connectivity index (χ1n) is 18.9. The number of carbonyl (C=O) groups is 1. The number of allylic oxidation sites excluding steroid dienone is 5. The van der Waals surface area contributed by atoms with Crippen molar-refractivity contribution in [3.8, 4) is 5.75 Å². The molecule has 286 valence electrons. The molecule has 3 aromatic carbocycles. The lowest BCUT2D eigenvalue weighted by atomic mass is 9.79. The van der Waals surface area contributed by atoms with Gasteiger partial charge < -0.3 is 20.2 Å². The molecule has 0 saturated heterocycles. The maximum absolute atomic E-state index is 15.1. The highest BCUT2D eigenvalue weighted by molar-refractivity contribution is 6.40. The summed E-state index contributed by atoms with van der Waals surface area (Å²) in [4.78, 5) is 15.2. The Bertz CT molecular complexity index is 2050. The van der Waals surface area contributed by atoms with E-state index in [-0.39, 0.29) is 57.0 Å². The van der Waals surface area contributed by atoms with Crippen molar-refractivity contribution in [1.82, 2.24) is 0 Å². The number of benzene rings is 3. The number of halogens is 4. The topological polar surface area (TPSA) is 84.0 Å². The van der Waals surface area contributed by atoms with Crippen molar-refractivity contribution >= 4 is 34.1 Å². The molecule has 0 spiro atoms. The molecule has 3 N–H and O–H groups in total. The molecule has 0 heterocycles. The zero-order valence-corrected chi connectivity index (χ0v) is 31.3. The third-order valence-electron chi connectivity index (χ3n) is 10.4. The molecule has 0 bridgehead atoms. The number of Topliss-reactive ketones (excluding diaryl/α,β-unsaturated/α-hetero) is 1. The predicted molar refractivity (Wildman–Crippen MR) is 206 cm³/mol. The van der Waals surface area contributed by atoms with Gasteiger partial charge in [-0.05, 0) is 67.7 Å². The zero-order valence-electron chi connectivity index (χ0n) is 31.3. The second-order valence-corrected chi connectivity index (χ2v) is 14.1. The predicted octanol–water partition coefficient (Wildman–Crippen LogP) is 11.5. The summed E-state index contributed by atoms with van der Waals surface area (Å²) in [6, 6.07) is 10.8. The fourth-order valence-corrected chi connectivity index (χ4v) is 7.12. The number of nitrogens with zero attached hydrogens (tertiary/aromatic N) is 2. The van der Waals surface area contributed by atoms with Gasteiger partial charge in [0.15, 0.2) is 12.4 Å². The minimum atomic E-state index is -0.629. The third-order valence-corrected chi connectivity index (χ3v) is 10.4. The number of phenols is 1. The van der Waals surface area contributed by atoms with Gasteiger partial charge in [-0.1, -0.05) is 59.8 Å². The molecule has 0 aromatic heterocycles. The minimum absolute atomic E-state index is 0.0123. The maximum Gasteiger partial charge on any atom is 0.244 e. The number of unbranched alkanes of at least 4 members (excludes halogenated alkanes) is 2. The average molecular weight is 746 g/mol. The molecule has 5 rings (SSSR count). The lowest BCUT2D eigenvalue weighted by molar-refractivity contribution is -0.451. The molecule has 2 unspecified atom stereocenters. The third kappa shape index (κ3) is 8.64. The summed E-state index contributed by atoms with van der Waals surface area (Å²) >= 11 is 0. The van der Waals surface area contributed by atoms with Gasteiger partial charge >= 0.3 is 0 Å². The summed E-state index contributed by atoms with van der Waals surface area (Å²) in [7, 11) is 0. The van der Waals surface area contributed by atoms with Gasteiger partial charge in [-0.15, -0.1) is 0 Å². The van der Waals surface area contributed by atoms with Crippen LogP contribution in [0.5, 0.6) is 5.75 Å². The van der Waals surface area contributed by atoms with Crippen LogP contribution in [0.1, 0.15) is 84.6 Å². The number of rotatable bonds is 16. The Labute approximate surface area is 314 Å². The molecule has 0 saturated carbocycles. The van der Waals surface area contributed by atoms with E-state index in [0.717, 1.165) is 87.8 Å². The number of aliphatic hydroxyl groups excluding tert-OH is 2. The molecule has 6 nitrogen and oxygen atoms in total. The number of anilines is 2. The maximum atomic E-state index is 15.1. The first kappa shape index (κ1) is 40.1. The number of ketones is 1. The molecule has 10 heteroatoms. The van der Waals surface area contributed by atoms with Crippen LogP contribution in [0.3, 0.4) is 0 Å². The average Bonchev–Trinajstić information content (AvgIpc) is 3.16. The van der Waals surface area contributed by atoms with Gasteiger partial charge in [0, 0.05) is 53.6 Å². The van der Waals surface area contributed by atoms with Crippen LogP contribution in [-0.2, 0) is 4.79 Å². The van der Waals surface area contributed by atoms with Crippen molar-refractivity contribution < 1.29 is 42.3 Å². The van der Waals surface area contributed by atoms with Gasteiger partial charge in [-0.3, -0.25) is 4.79 Å². The van der Waals surface area contributed by atoms with Gasteiger partial charge in [-0.25, -0.2) is 13.2 Å². The second kappa shape index (κ2) is 17.8. The normalized spacial score (nSPS) is 17.7. The molecule has 0 radical (unpaired) electrons. The Hall–Kier alpha value is -5.12. The summed E-state index contributed by atoms with van der Waals surface area (Å²) in [5.41, 5.74) is 0.504. The van der Waals surface area contributed by atoms with Gasteiger partial charge in [-0.2, -0.15) is 8.97 Å². The van der Waals surface area contributed by atoms with Crippen LogP contribution in [0.25, 0.3) is 5.57 Å². The van der Waals surface area contributed by atoms with Crippen LogP contribution in [-0.4, -0.2) is 44.5 Å². The fourth-order valence-electron chi connectivity index (χ4n) is 7.12. The first-order valence-corrected chi connectivity index (χ1v) is 18.9. The van der Waals surface area contributed by atoms with Crippen molar-refractivity contribution in [2.45, 2.75) is 79.1 Å². The Morgan fingerprint density at radius 2 is 1.39 bits per heavy atom. The molecule has 0 amide bonds. The summed E-state index contributed by atoms with van der Waals surface area (Å²) in [5.74, 6) is -3.96. The first-order chi connectivity index (χ1) is 25.9. The van der Waals surface area contributed by atoms with E-state index in [4.69, 9.17) is 0 Å². The molecule has 2 aliphatic carbocycles. The van der Waals surface area contributed by atoms with E-state index in [0.29, 0.717) is 24.5 Å². The van der Waals surface area contributed by atoms with Crippen molar-refractivity contribution in [2.75, 3.05) is 18.0 Å². The van der Waals surface area contributed by atoms with Crippen molar-refractivity contribution in [2.24, 2.45) is 11.8 Å². The highest BCUT2D eigenvalue weighted by atomic mass is 19.1. The van der Waals surface area contributed by atoms with E-state index in [2.05, 4.69) is 13.8 Å². The summed E-state index contributed by atoms with van der Waals surface area (Å²) in [5, 5.41) is 33.6. The second-order valence-electron chi connectivity index (χ2n) is 14.1. The quantitative estimate of drug-likeness (QED) is 0.0772. The fraction of sp³-hybridized carbons (Fsp3) is 0.364. The minimum Gasteiger partial charge on any atom is -0.507 e. The number of hydrogen-bond acceptors (Lipinski definition) is 5. The van der Waals surface area contributed by atoms with Crippen molar-refractivity contribution in [3.63, 3.8) is 0 Å². The number of carbonyl (C=O) groups excluding carboxylic acids is 1. The van der Waals surface area contributed by atoms with Crippen LogP contribution in [0.15, 0.2) is 95.5 Å². The molecule has 0 fully saturated rings. The number of phenolic OH excluding ortho intramolecular Hbond substituents is 1. The number of aliphatic hydroxyl groups is 2. The van der Waals surface area contributed by atoms with Crippen LogP contribution in [0, 0.1) is 35.1 Å². The highest BCUT2D eigenvalue weighted by Crippen LogP contribution is 2.44. The molecule has 54 heavy (non-hydrogen) atoms. The molecule has 2 aliphatic rings. The van der Waals surface area contributed by atoms with Crippen LogP contribution in [0.4, 0.5) is 34.6 Å². The van der Waals surface area contributed by atoms with E-state index in [1.165, 1.54) is 24.3 Å². The van der Waals surface area contributed by atoms with Gasteiger partial charge in [0.2, 0.25) is 17.2 Å². The lowest BCUT2D eigenvalue weighted by Gasteiger charge is -2.30. The summed E-state index contributed by atoms with van der Waals surface area (Å²) < 4.78 is 60.5. The van der Waals surface area contributed by atoms with Crippen LogP contribution in [0.2, 0.25) is 0 Å². The van der Waals surface area contributed by atoms with Crippen LogP contribution < -0.4 is 4.90 Å². The largest absolute Gasteiger partial charge is 0.507 e. The molecular formula is C44H49F4N2O4+. The monoisotopic (exact) mass is 745 g/mol. The standard InChI is InChI=1S/C44H48F4N2O4/c1-5-9-11-27(7-3)25-49(37-21-29(45)13-19-35(37)47)31-15-17-33(39(51)23-31)41-43(53)42(44(41)54)34-18-16-32(24-40(34)52)50(26-28(8-4)12-10-6-2)38-22-30(46)14-20-36(38)48/h13-24,27-28H,5-12,25-26H2,1-4H3,(H2,51,52,53,54)/p+1. The lowest BCUT2D eigenvalue weighted by Crippen LogP contribution is -2.27. The Balaban J connectivity index is 1.51. The molecule has 2 atom stereocenters. The number of hydrogen-bond donors (Lipinski definition) is 3. The van der Waals surface area contributed by atoms with Crippen LogP contribution >= 0.6 is 0 Å². The summed E-state index contributed by atoms with van der Waals surface area (Å²) in [6.45, 7) is 8.96. The smallest absolute Gasteiger partial charge is 0.244 e. The molecular weight excluding hydrogens is 696 g/mol. The summed E-state index contributed by atoms with van der Waals surface area (Å²) in [6.07, 6.45) is 11.7. The van der Waals surface area contributed by atoms with E-state index in [1.807, 2.05) is 13.8 Å². The number of aromatic hydroxyl groups is 1. The van der Waals surface area contributed by atoms with E-state index >= 15 is 8.78 Å². The molecule has 0 aliphatic heterocycles. The molecule has 3 aromatic rings. The Morgan fingerprint density at radius 1 is 0.741 bits per heavy atom. The van der Waals surface area contributed by atoms with Gasteiger partial charge in [0.05, 0.1) is 22.9 Å². The van der Waals surface area contributed by atoms with Crippen molar-refractivity contribution in [1.29, 1.82) is 0 Å². The van der Waals surface area contributed by atoms with Gasteiger partial charge in [0.1, 0.15) is 34.7 Å². The van der Waals surface area contributed by atoms with E-state index in [9.17, 15) is 28.9 Å². The SMILES string of the molecule is CCCCC(CC)CN(c1ccc(C2=C(O)/C(=C3/C=CC(=[N+](CC(CC)CCCC)c4cc(F)ccc4F)C=C3O)C2=O)c(O)c1)c1cc(F)ccc1F. The zero-order chi connectivity index (χ0) is 39.1. The van der Waals surface area contributed by atoms with E-state index in [1.54, 1.807) is 21.6 Å². The Morgan fingerprint density at radius 3 is 2.00 bits per heavy atom. The van der Waals surface area contributed by atoms with Gasteiger partial charge in [0.25, 0.3) is 0 Å². The highest BCUT2D eigenvalue weighted by Gasteiger charge is 2.40. The van der Waals surface area contributed by atoms with Crippen molar-refractivity contribution in [3.05, 3.63) is 124 Å². The van der Waals surface area contributed by atoms with E-state index < -0.39 is 34.8 Å².